The molecule has 498 valence electrons. The van der Waals surface area contributed by atoms with Gasteiger partial charge < -0.3 is 46.3 Å². The summed E-state index contributed by atoms with van der Waals surface area (Å²) in [5, 5.41) is 50.5. The molecule has 0 bridgehead atoms. The van der Waals surface area contributed by atoms with E-state index < -0.39 is 30.2 Å². The van der Waals surface area contributed by atoms with E-state index in [1.54, 1.807) is 49.4 Å². The number of rotatable bonds is 13. The van der Waals surface area contributed by atoms with Gasteiger partial charge in [0.05, 0.1) is 42.8 Å². The fraction of sp³-hybridized carbons (Fsp3) is 0.241. The van der Waals surface area contributed by atoms with Gasteiger partial charge in [0.2, 0.25) is 5.91 Å². The van der Waals surface area contributed by atoms with Gasteiger partial charge in [-0.1, -0.05) is 66.4 Å². The molecule has 3 aromatic carbocycles. The quantitative estimate of drug-likeness (QED) is 0.0519. The van der Waals surface area contributed by atoms with E-state index in [1.165, 1.54) is 6.92 Å². The molecule has 99 heavy (non-hydrogen) atoms. The topological polar surface area (TPSA) is 279 Å². The first kappa shape index (κ1) is 79.1. The third-order valence-corrected chi connectivity index (χ3v) is 13.5. The Balaban J connectivity index is 0.000000274. The Morgan fingerprint density at radius 3 is 1.34 bits per heavy atom. The van der Waals surface area contributed by atoms with Gasteiger partial charge in [-0.3, -0.25) is 14.6 Å². The maximum absolute atomic E-state index is 12.6. The van der Waals surface area contributed by atoms with Gasteiger partial charge in [0.1, 0.15) is 17.4 Å². The molecule has 19 nitrogen and oxygen atoms in total. The van der Waals surface area contributed by atoms with E-state index in [-0.39, 0.29) is 46.1 Å². The van der Waals surface area contributed by atoms with E-state index in [9.17, 15) is 24.3 Å². The fourth-order valence-electron chi connectivity index (χ4n) is 8.42. The SMILES string of the molecule is CC#CC#CC#CC#CC#CC#CC#CC#CC#CC#CC#CC.CC(=O)N[C@H](Cc1ccccc1)C(=O)O.Cc1cnc(C(=O)N[C@H]2CCOC[C@@H]2O)cc1Cc1ccc(-n2cccn2)cc1.Cc1cnc(C(=O)O)cc1Cc1ccc(-n2cccn2)cc1.N[C@H]1CCOC[C@@H]1O.P. The number of nitrogens with two attached hydrogens (primary N) is 1. The minimum atomic E-state index is -1.02. The second-order valence-corrected chi connectivity index (χ2v) is 20.8. The maximum atomic E-state index is 12.6. The Hall–Kier alpha value is -12.4. The lowest BCUT2D eigenvalue weighted by Gasteiger charge is -2.28. The zero-order valence-corrected chi connectivity index (χ0v) is 56.7. The van der Waals surface area contributed by atoms with E-state index in [0.29, 0.717) is 51.2 Å². The minimum Gasteiger partial charge on any atom is -0.480 e. The van der Waals surface area contributed by atoms with E-state index in [4.69, 9.17) is 30.5 Å². The summed E-state index contributed by atoms with van der Waals surface area (Å²) in [6.45, 7) is 10.5. The fourth-order valence-corrected chi connectivity index (χ4v) is 8.42. The highest BCUT2D eigenvalue weighted by Crippen LogP contribution is 2.19. The Bertz CT molecular complexity index is 4480. The largest absolute Gasteiger partial charge is 0.480 e. The summed E-state index contributed by atoms with van der Waals surface area (Å²) < 4.78 is 13.7. The van der Waals surface area contributed by atoms with Crippen LogP contribution in [0.1, 0.15) is 93.5 Å². The van der Waals surface area contributed by atoms with E-state index in [0.717, 1.165) is 56.7 Å². The number of nitrogens with zero attached hydrogens (tertiary/aromatic N) is 6. The molecule has 1 unspecified atom stereocenters. The predicted molar refractivity (Wildman–Crippen MR) is 383 cm³/mol. The number of carbonyl (C=O) groups excluding carboxylic acids is 2. The van der Waals surface area contributed by atoms with Gasteiger partial charge in [0, 0.05) is 93.5 Å². The molecule has 2 amide bonds. The number of carboxylic acids is 2. The molecular formula is C79H72N9O10P. The number of aliphatic carboxylic acids is 1. The van der Waals surface area contributed by atoms with Crippen molar-refractivity contribution in [3.05, 3.63) is 191 Å². The number of pyridine rings is 2. The number of aromatic nitrogens is 6. The third kappa shape index (κ3) is 31.2. The van der Waals surface area contributed by atoms with Crippen molar-refractivity contribution in [2.75, 3.05) is 26.4 Å². The Morgan fingerprint density at radius 1 is 0.566 bits per heavy atom. The second kappa shape index (κ2) is 45.9. The summed E-state index contributed by atoms with van der Waals surface area (Å²) in [6.07, 6.45) is 12.5. The van der Waals surface area contributed by atoms with Crippen LogP contribution in [0, 0.1) is 144 Å². The van der Waals surface area contributed by atoms with Gasteiger partial charge >= 0.3 is 11.9 Å². The molecule has 2 aliphatic rings. The lowest BCUT2D eigenvalue weighted by atomic mass is 10.0. The molecular weight excluding hydrogens is 1270 g/mol. The molecule has 0 aliphatic carbocycles. The molecule has 0 spiro atoms. The van der Waals surface area contributed by atoms with Gasteiger partial charge in [0.15, 0.2) is 0 Å². The standard InChI is InChI=1S/C24H6.C22H24N4O3.C17H15N3O2.C11H13NO3.C5H11NO2.H3P/c1-3-5-7-9-11-13-15-17-19-21-23-24-22-20-18-16-14-12-10-8-6-4-2;1-15-13-23-20(22(28)25-19-7-10-29-14-21(19)27)12-17(15)11-16-3-5-18(6-4-16)26-9-2-8-24-26;1-12-11-18-16(17(21)22)10-14(12)9-13-3-5-15(6-4-13)20-8-2-7-19-20;1-8(13)12-10(11(14)15)7-9-5-3-2-4-6-9;6-4-1-2-8-3-5(4)7;/h1-2H3;2-6,8-9,12-13,19,21,27H,7,10-11,14H2,1H3,(H,25,28);2-8,10-11H,9H2,1H3,(H,21,22);2-6,10H,7H2,1H3,(H,12,13)(H,14,15);4-5,7H,1-3,6H2;1H3/t;19-,21-;;10-;4-,5-;/m.0.10./s1. The van der Waals surface area contributed by atoms with Crippen LogP contribution < -0.4 is 16.4 Å². The summed E-state index contributed by atoms with van der Waals surface area (Å²) in [4.78, 5) is 53.4. The third-order valence-electron chi connectivity index (χ3n) is 13.5. The molecule has 4 aromatic heterocycles. The molecule has 6 atom stereocenters. The summed E-state index contributed by atoms with van der Waals surface area (Å²) >= 11 is 0. The van der Waals surface area contributed by atoms with Crippen LogP contribution in [0.15, 0.2) is 140 Å². The van der Waals surface area contributed by atoms with Crippen LogP contribution in [0.4, 0.5) is 0 Å². The lowest BCUT2D eigenvalue weighted by Crippen LogP contribution is -2.48. The second-order valence-electron chi connectivity index (χ2n) is 20.8. The molecule has 0 radical (unpaired) electrons. The molecule has 7 aromatic rings. The smallest absolute Gasteiger partial charge is 0.354 e. The number of hydrogen-bond acceptors (Lipinski definition) is 13. The Kier molecular flexibility index (Phi) is 36.7. The number of carboxylic acid groups (broad SMARTS) is 2. The number of carbonyl (C=O) groups is 4. The van der Waals surface area contributed by atoms with Crippen LogP contribution in [0.3, 0.4) is 0 Å². The zero-order valence-electron chi connectivity index (χ0n) is 55.2. The summed E-state index contributed by atoms with van der Waals surface area (Å²) in [5.74, 6) is 53.0. The lowest BCUT2D eigenvalue weighted by molar-refractivity contribution is -0.141. The van der Waals surface area contributed by atoms with Crippen LogP contribution >= 0.6 is 9.90 Å². The maximum Gasteiger partial charge on any atom is 0.354 e. The van der Waals surface area contributed by atoms with Crippen molar-refractivity contribution >= 4 is 33.7 Å². The van der Waals surface area contributed by atoms with Gasteiger partial charge in [-0.05, 0) is 236 Å². The number of aliphatic hydroxyl groups excluding tert-OH is 2. The number of amides is 2. The van der Waals surface area contributed by atoms with Crippen LogP contribution in [-0.4, -0.2) is 130 Å². The van der Waals surface area contributed by atoms with E-state index >= 15 is 0 Å². The number of aromatic carboxylic acids is 1. The van der Waals surface area contributed by atoms with Gasteiger partial charge in [-0.15, -0.1) is 0 Å². The highest BCUT2D eigenvalue weighted by molar-refractivity contribution is 6.92. The van der Waals surface area contributed by atoms with Crippen molar-refractivity contribution in [2.45, 2.75) is 97.1 Å². The van der Waals surface area contributed by atoms with Crippen molar-refractivity contribution in [1.82, 2.24) is 40.2 Å². The normalized spacial score (nSPS) is 13.9. The zero-order chi connectivity index (χ0) is 70.5. The van der Waals surface area contributed by atoms with Gasteiger partial charge in [-0.25, -0.2) is 23.9 Å². The van der Waals surface area contributed by atoms with Gasteiger partial charge in [0.25, 0.3) is 5.91 Å². The van der Waals surface area contributed by atoms with Crippen LogP contribution in [0.25, 0.3) is 11.4 Å². The Morgan fingerprint density at radius 2 is 0.980 bits per heavy atom. The van der Waals surface area contributed by atoms with Gasteiger partial charge in [-0.2, -0.15) is 20.1 Å². The van der Waals surface area contributed by atoms with Crippen molar-refractivity contribution in [3.63, 3.8) is 0 Å². The first-order chi connectivity index (χ1) is 47.5. The number of ether oxygens (including phenoxy) is 2. The minimum absolute atomic E-state index is 0. The van der Waals surface area contributed by atoms with Crippen molar-refractivity contribution in [1.29, 1.82) is 0 Å². The average Bonchev–Trinajstić information content (AvgIpc) is 1.25. The van der Waals surface area contributed by atoms with Crippen molar-refractivity contribution in [2.24, 2.45) is 5.73 Å². The van der Waals surface area contributed by atoms with E-state index in [1.807, 2.05) is 116 Å². The average molecular weight is 1340 g/mol. The highest BCUT2D eigenvalue weighted by Gasteiger charge is 2.26. The molecule has 2 saturated heterocycles. The number of aliphatic hydroxyl groups is 2. The van der Waals surface area contributed by atoms with Crippen LogP contribution in [0.2, 0.25) is 0 Å². The number of hydrogen-bond donors (Lipinski definition) is 7. The molecule has 9 rings (SSSR count). The first-order valence-corrected chi connectivity index (χ1v) is 30.3. The van der Waals surface area contributed by atoms with Crippen LogP contribution in [0.5, 0.6) is 0 Å². The highest BCUT2D eigenvalue weighted by atomic mass is 31.0. The summed E-state index contributed by atoms with van der Waals surface area (Å²) in [6, 6.07) is 31.4. The predicted octanol–water partition coefficient (Wildman–Crippen LogP) is 5.95. The molecule has 2 aliphatic heterocycles. The van der Waals surface area contributed by atoms with Crippen LogP contribution in [-0.2, 0) is 38.3 Å². The number of benzene rings is 3. The monoisotopic (exact) mass is 1340 g/mol. The molecule has 8 N–H and O–H groups in total. The molecule has 0 saturated carbocycles. The molecule has 20 heteroatoms. The number of aryl methyl sites for hydroxylation is 2. The summed E-state index contributed by atoms with van der Waals surface area (Å²) in [5.41, 5.74) is 15.1. The van der Waals surface area contributed by atoms with E-state index in [2.05, 4.69) is 173 Å². The first-order valence-electron chi connectivity index (χ1n) is 30.3. The molecule has 2 fully saturated rings. The number of nitrogens with one attached hydrogen (secondary N) is 2. The van der Waals surface area contributed by atoms with Crippen molar-refractivity contribution in [3.8, 4) is 142 Å². The summed E-state index contributed by atoms with van der Waals surface area (Å²) in [7, 11) is 0. The Labute approximate surface area is 581 Å². The molecule has 6 heterocycles. The van der Waals surface area contributed by atoms with Crippen molar-refractivity contribution < 1.29 is 49.1 Å².